The third-order valence-corrected chi connectivity index (χ3v) is 6.10. The predicted molar refractivity (Wildman–Crippen MR) is 75.2 cm³/mol. The van der Waals surface area contributed by atoms with E-state index in [1.807, 2.05) is 6.07 Å². The summed E-state index contributed by atoms with van der Waals surface area (Å²) in [6.07, 6.45) is 0. The number of aryl methyl sites for hydroxylation is 1. The Kier molecular flexibility index (Phi) is 5.28. The Balaban J connectivity index is 3.32. The number of rotatable bonds is 6. The molecular weight excluding hydrogens is 300 g/mol. The van der Waals surface area contributed by atoms with Gasteiger partial charge in [-0.25, -0.2) is 13.2 Å². The van der Waals surface area contributed by atoms with Gasteiger partial charge in [0.15, 0.2) is 0 Å². The van der Waals surface area contributed by atoms with Crippen LogP contribution in [-0.4, -0.2) is 36.9 Å². The SMILES string of the molecule is CCN(CC(C)C#N)S(=O)(=O)c1c(C)csc1C(=O)O. The topological polar surface area (TPSA) is 98.5 Å². The molecule has 1 aromatic heterocycles. The van der Waals surface area contributed by atoms with Crippen LogP contribution in [0.5, 0.6) is 0 Å². The lowest BCUT2D eigenvalue weighted by molar-refractivity contribution is 0.0698. The first-order valence-corrected chi connectivity index (χ1v) is 8.28. The second-order valence-corrected chi connectivity index (χ2v) is 7.12. The first-order chi connectivity index (χ1) is 9.25. The number of carbonyl (C=O) groups is 1. The number of nitriles is 1. The van der Waals surface area contributed by atoms with Crippen LogP contribution in [0, 0.1) is 24.2 Å². The van der Waals surface area contributed by atoms with Crippen LogP contribution >= 0.6 is 11.3 Å². The van der Waals surface area contributed by atoms with Crippen LogP contribution in [0.2, 0.25) is 0 Å². The molecule has 1 atom stereocenters. The molecule has 1 aromatic rings. The fourth-order valence-electron chi connectivity index (χ4n) is 1.77. The third kappa shape index (κ3) is 3.17. The maximum absolute atomic E-state index is 12.6. The van der Waals surface area contributed by atoms with Crippen LogP contribution in [-0.2, 0) is 10.0 Å². The van der Waals surface area contributed by atoms with Crippen molar-refractivity contribution in [3.63, 3.8) is 0 Å². The number of hydrogen-bond acceptors (Lipinski definition) is 5. The lowest BCUT2D eigenvalue weighted by Crippen LogP contribution is -2.35. The van der Waals surface area contributed by atoms with Gasteiger partial charge < -0.3 is 5.11 Å². The maximum Gasteiger partial charge on any atom is 0.347 e. The average molecular weight is 316 g/mol. The molecule has 0 amide bonds. The molecule has 1 heterocycles. The maximum atomic E-state index is 12.6. The summed E-state index contributed by atoms with van der Waals surface area (Å²) in [6, 6.07) is 1.98. The molecule has 0 saturated carbocycles. The molecule has 0 saturated heterocycles. The summed E-state index contributed by atoms with van der Waals surface area (Å²) in [6.45, 7) is 5.07. The van der Waals surface area contributed by atoms with Crippen molar-refractivity contribution >= 4 is 27.3 Å². The minimum absolute atomic E-state index is 0.0453. The average Bonchev–Trinajstić information content (AvgIpc) is 2.78. The summed E-state index contributed by atoms with van der Waals surface area (Å²) in [7, 11) is -3.91. The Morgan fingerprint density at radius 3 is 2.65 bits per heavy atom. The Bertz CT molecular complexity index is 643. The van der Waals surface area contributed by atoms with Crippen molar-refractivity contribution in [3.8, 4) is 6.07 Å². The smallest absolute Gasteiger partial charge is 0.347 e. The van der Waals surface area contributed by atoms with Gasteiger partial charge in [0.2, 0.25) is 10.0 Å². The zero-order chi connectivity index (χ0) is 15.5. The minimum Gasteiger partial charge on any atom is -0.477 e. The molecule has 0 bridgehead atoms. The molecule has 0 fully saturated rings. The quantitative estimate of drug-likeness (QED) is 0.864. The monoisotopic (exact) mass is 316 g/mol. The molecule has 1 rings (SSSR count). The van der Waals surface area contributed by atoms with Gasteiger partial charge in [-0.3, -0.25) is 0 Å². The van der Waals surface area contributed by atoms with E-state index >= 15 is 0 Å². The minimum atomic E-state index is -3.91. The summed E-state index contributed by atoms with van der Waals surface area (Å²) < 4.78 is 26.3. The van der Waals surface area contributed by atoms with Gasteiger partial charge in [-0.05, 0) is 24.8 Å². The van der Waals surface area contributed by atoms with Gasteiger partial charge in [-0.1, -0.05) is 6.92 Å². The van der Waals surface area contributed by atoms with Crippen LogP contribution in [0.25, 0.3) is 0 Å². The van der Waals surface area contributed by atoms with Crippen molar-refractivity contribution in [2.75, 3.05) is 13.1 Å². The van der Waals surface area contributed by atoms with Crippen molar-refractivity contribution in [2.24, 2.45) is 5.92 Å². The van der Waals surface area contributed by atoms with Crippen molar-refractivity contribution in [2.45, 2.75) is 25.7 Å². The Morgan fingerprint density at radius 1 is 1.60 bits per heavy atom. The number of aromatic carboxylic acids is 1. The Hall–Kier alpha value is -1.43. The summed E-state index contributed by atoms with van der Waals surface area (Å²) in [5.41, 5.74) is 0.412. The molecule has 0 aromatic carbocycles. The van der Waals surface area contributed by atoms with Crippen LogP contribution in [0.15, 0.2) is 10.3 Å². The number of thiophene rings is 1. The largest absolute Gasteiger partial charge is 0.477 e. The highest BCUT2D eigenvalue weighted by Gasteiger charge is 2.32. The molecular formula is C12H16N2O4S2. The second-order valence-electron chi connectivity index (χ2n) is 4.37. The van der Waals surface area contributed by atoms with Gasteiger partial charge in [-0.15, -0.1) is 11.3 Å². The molecule has 0 aliphatic carbocycles. The van der Waals surface area contributed by atoms with E-state index in [0.717, 1.165) is 15.6 Å². The van der Waals surface area contributed by atoms with Crippen molar-refractivity contribution in [1.82, 2.24) is 4.31 Å². The molecule has 110 valence electrons. The van der Waals surface area contributed by atoms with Crippen LogP contribution in [0.3, 0.4) is 0 Å². The van der Waals surface area contributed by atoms with E-state index in [2.05, 4.69) is 0 Å². The van der Waals surface area contributed by atoms with Gasteiger partial charge in [0.1, 0.15) is 9.77 Å². The van der Waals surface area contributed by atoms with Crippen LogP contribution in [0.4, 0.5) is 0 Å². The lowest BCUT2D eigenvalue weighted by atomic mass is 10.2. The zero-order valence-electron chi connectivity index (χ0n) is 11.5. The third-order valence-electron chi connectivity index (χ3n) is 2.76. The number of carboxylic acids is 1. The molecule has 1 unspecified atom stereocenters. The van der Waals surface area contributed by atoms with E-state index < -0.39 is 21.9 Å². The molecule has 0 radical (unpaired) electrons. The zero-order valence-corrected chi connectivity index (χ0v) is 13.1. The van der Waals surface area contributed by atoms with Gasteiger partial charge >= 0.3 is 5.97 Å². The van der Waals surface area contributed by atoms with E-state index in [1.54, 1.807) is 20.8 Å². The molecule has 0 aliphatic heterocycles. The molecule has 0 aliphatic rings. The van der Waals surface area contributed by atoms with Gasteiger partial charge in [0, 0.05) is 13.1 Å². The van der Waals surface area contributed by atoms with Gasteiger partial charge in [0.25, 0.3) is 0 Å². The van der Waals surface area contributed by atoms with Crippen LogP contribution < -0.4 is 0 Å². The number of sulfonamides is 1. The standard InChI is InChI=1S/C12H16N2O4S2/c1-4-14(6-8(2)5-13)20(17,18)11-9(3)7-19-10(11)12(15)16/h7-8H,4,6H2,1-3H3,(H,15,16). The summed E-state index contributed by atoms with van der Waals surface area (Å²) in [5.74, 6) is -1.72. The van der Waals surface area contributed by atoms with E-state index in [-0.39, 0.29) is 22.9 Å². The van der Waals surface area contributed by atoms with Gasteiger partial charge in [0.05, 0.1) is 12.0 Å². The fraction of sp³-hybridized carbons (Fsp3) is 0.500. The molecule has 1 N–H and O–H groups in total. The first kappa shape index (κ1) is 16.6. The number of nitrogens with zero attached hydrogens (tertiary/aromatic N) is 2. The molecule has 6 nitrogen and oxygen atoms in total. The predicted octanol–water partition coefficient (Wildman–Crippen LogP) is 1.93. The van der Waals surface area contributed by atoms with Crippen molar-refractivity contribution < 1.29 is 18.3 Å². The fourth-order valence-corrected chi connectivity index (χ4v) is 4.90. The van der Waals surface area contributed by atoms with Crippen LogP contribution in [0.1, 0.15) is 29.1 Å². The Labute approximate surface area is 122 Å². The van der Waals surface area contributed by atoms with Gasteiger partial charge in [-0.2, -0.15) is 9.57 Å². The van der Waals surface area contributed by atoms with Crippen molar-refractivity contribution in [3.05, 3.63) is 15.8 Å². The normalized spacial score (nSPS) is 13.2. The Morgan fingerprint density at radius 2 is 2.20 bits per heavy atom. The molecule has 8 heteroatoms. The highest BCUT2D eigenvalue weighted by molar-refractivity contribution is 7.89. The highest BCUT2D eigenvalue weighted by atomic mass is 32.2. The van der Waals surface area contributed by atoms with E-state index in [0.29, 0.717) is 5.56 Å². The van der Waals surface area contributed by atoms with E-state index in [4.69, 9.17) is 10.4 Å². The summed E-state index contributed by atoms with van der Waals surface area (Å²) in [4.78, 5) is 10.8. The summed E-state index contributed by atoms with van der Waals surface area (Å²) in [5, 5.41) is 19.4. The molecule has 20 heavy (non-hydrogen) atoms. The number of hydrogen-bond donors (Lipinski definition) is 1. The lowest BCUT2D eigenvalue weighted by Gasteiger charge is -2.21. The highest BCUT2D eigenvalue weighted by Crippen LogP contribution is 2.29. The second kappa shape index (κ2) is 6.35. The van der Waals surface area contributed by atoms with E-state index in [9.17, 15) is 13.2 Å². The van der Waals surface area contributed by atoms with Crippen molar-refractivity contribution in [1.29, 1.82) is 5.26 Å². The number of carboxylic acid groups (broad SMARTS) is 1. The summed E-state index contributed by atoms with van der Waals surface area (Å²) >= 11 is 0.893. The first-order valence-electron chi connectivity index (χ1n) is 5.96. The van der Waals surface area contributed by atoms with E-state index in [1.165, 1.54) is 5.38 Å². The molecule has 0 spiro atoms.